The number of rotatable bonds is 8. The van der Waals surface area contributed by atoms with Crippen LogP contribution in [0.4, 0.5) is 5.69 Å². The Balaban J connectivity index is 1.69. The molecule has 0 bridgehead atoms. The molecular weight excluding hydrogens is 498 g/mol. The number of aliphatic hydroxyl groups is 1. The fraction of sp³-hybridized carbons (Fsp3) is 0.233. The minimum Gasteiger partial charge on any atom is -0.392 e. The average molecular weight is 532 g/mol. The van der Waals surface area contributed by atoms with Crippen molar-refractivity contribution in [1.82, 2.24) is 10.3 Å². The molecule has 198 valence electrons. The molecule has 4 aromatic rings. The van der Waals surface area contributed by atoms with Crippen LogP contribution in [-0.4, -0.2) is 37.1 Å². The largest absolute Gasteiger partial charge is 0.392 e. The van der Waals surface area contributed by atoms with Crippen LogP contribution < -0.4 is 10.0 Å². The number of aromatic nitrogens is 1. The fourth-order valence-corrected chi connectivity index (χ4v) is 5.18. The van der Waals surface area contributed by atoms with Gasteiger partial charge < -0.3 is 15.4 Å². The van der Waals surface area contributed by atoms with Gasteiger partial charge in [-0.25, -0.2) is 8.42 Å². The number of hydrogen-bond acceptors (Lipinski definition) is 4. The first-order chi connectivity index (χ1) is 17.9. The molecular formula is C30H33N3O4S. The Morgan fingerprint density at radius 1 is 1.03 bits per heavy atom. The smallest absolute Gasteiger partial charge is 0.261 e. The number of carbonyl (C=O) groups is 1. The number of aromatic amines is 1. The van der Waals surface area contributed by atoms with Gasteiger partial charge in [-0.05, 0) is 59.9 Å². The summed E-state index contributed by atoms with van der Waals surface area (Å²) in [7, 11) is -3.80. The number of nitrogens with one attached hydrogen (secondary N) is 3. The second-order valence-corrected chi connectivity index (χ2v) is 12.0. The van der Waals surface area contributed by atoms with Gasteiger partial charge in [0.2, 0.25) is 5.91 Å². The Bertz CT molecular complexity index is 1560. The van der Waals surface area contributed by atoms with Gasteiger partial charge in [0, 0.05) is 40.5 Å². The van der Waals surface area contributed by atoms with Crippen LogP contribution in [0.3, 0.4) is 0 Å². The van der Waals surface area contributed by atoms with Gasteiger partial charge in [0.15, 0.2) is 0 Å². The molecule has 1 aromatic heterocycles. The van der Waals surface area contributed by atoms with Gasteiger partial charge in [-0.2, -0.15) is 0 Å². The van der Waals surface area contributed by atoms with E-state index in [0.29, 0.717) is 11.4 Å². The van der Waals surface area contributed by atoms with Crippen molar-refractivity contribution in [3.63, 3.8) is 0 Å². The lowest BCUT2D eigenvalue weighted by Gasteiger charge is -2.19. The zero-order chi connectivity index (χ0) is 27.5. The first-order valence-electron chi connectivity index (χ1n) is 12.4. The maximum Gasteiger partial charge on any atom is 0.261 e. The van der Waals surface area contributed by atoms with Crippen LogP contribution in [0.2, 0.25) is 0 Å². The summed E-state index contributed by atoms with van der Waals surface area (Å²) >= 11 is 0. The van der Waals surface area contributed by atoms with E-state index in [0.717, 1.165) is 27.6 Å². The number of H-pyrrole nitrogens is 1. The maximum atomic E-state index is 13.2. The highest BCUT2D eigenvalue weighted by molar-refractivity contribution is 7.92. The van der Waals surface area contributed by atoms with Gasteiger partial charge in [0.1, 0.15) is 0 Å². The number of aliphatic hydroxyl groups excluding tert-OH is 1. The quantitative estimate of drug-likeness (QED) is 0.227. The molecule has 1 heterocycles. The number of benzene rings is 3. The predicted octanol–water partition coefficient (Wildman–Crippen LogP) is 5.44. The van der Waals surface area contributed by atoms with Crippen LogP contribution in [-0.2, 0) is 20.2 Å². The van der Waals surface area contributed by atoms with Crippen LogP contribution in [0.1, 0.15) is 39.0 Å². The third kappa shape index (κ3) is 6.33. The summed E-state index contributed by atoms with van der Waals surface area (Å²) in [6.07, 6.45) is 2.45. The molecule has 7 nitrogen and oxygen atoms in total. The monoisotopic (exact) mass is 531 g/mol. The van der Waals surface area contributed by atoms with Crippen molar-refractivity contribution >= 4 is 38.6 Å². The minimum absolute atomic E-state index is 0.0764. The van der Waals surface area contributed by atoms with Crippen LogP contribution in [0.25, 0.3) is 28.1 Å². The molecule has 0 saturated carbocycles. The van der Waals surface area contributed by atoms with Crippen LogP contribution >= 0.6 is 0 Å². The van der Waals surface area contributed by atoms with Crippen LogP contribution in [0.5, 0.6) is 0 Å². The van der Waals surface area contributed by atoms with E-state index in [9.17, 15) is 18.3 Å². The van der Waals surface area contributed by atoms with Crippen LogP contribution in [0, 0.1) is 0 Å². The second-order valence-electron chi connectivity index (χ2n) is 10.3. The standard InChI is InChI=1S/C30H33N3O4S/c1-20(34)19-31-28(35)17-16-27-29(21-8-6-5-7-9-21)25-18-23(12-15-26(25)32-27)33-38(36,37)24-13-10-22(11-14-24)30(2,3)4/h5-18,20,32-34H,19H2,1-4H3,(H,31,35)/b17-16+. The molecule has 4 rings (SSSR count). The number of carbonyl (C=O) groups excluding carboxylic acids is 1. The number of anilines is 1. The van der Waals surface area contributed by atoms with E-state index < -0.39 is 16.1 Å². The molecule has 0 spiro atoms. The van der Waals surface area contributed by atoms with Crippen LogP contribution in [0.15, 0.2) is 83.8 Å². The zero-order valence-corrected chi connectivity index (χ0v) is 22.8. The summed E-state index contributed by atoms with van der Waals surface area (Å²) in [6.45, 7) is 8.00. The molecule has 3 aromatic carbocycles. The Morgan fingerprint density at radius 3 is 2.34 bits per heavy atom. The summed E-state index contributed by atoms with van der Waals surface area (Å²) in [6, 6.07) is 21.9. The van der Waals surface area contributed by atoms with Crippen molar-refractivity contribution in [3.8, 4) is 11.1 Å². The molecule has 4 N–H and O–H groups in total. The first-order valence-corrected chi connectivity index (χ1v) is 13.9. The average Bonchev–Trinajstić information content (AvgIpc) is 3.23. The topological polar surface area (TPSA) is 111 Å². The summed E-state index contributed by atoms with van der Waals surface area (Å²) in [5, 5.41) is 12.9. The minimum atomic E-state index is -3.80. The van der Waals surface area contributed by atoms with E-state index >= 15 is 0 Å². The lowest BCUT2D eigenvalue weighted by atomic mass is 9.87. The Kier molecular flexibility index (Phi) is 7.76. The molecule has 8 heteroatoms. The van der Waals surface area contributed by atoms with Crippen molar-refractivity contribution in [2.75, 3.05) is 11.3 Å². The van der Waals surface area contributed by atoms with E-state index in [2.05, 4.69) is 35.8 Å². The summed E-state index contributed by atoms with van der Waals surface area (Å²) in [5.41, 5.74) is 4.67. The SMILES string of the molecule is CC(O)CNC(=O)/C=C/c1[nH]c2ccc(NS(=O)(=O)c3ccc(C(C)(C)C)cc3)cc2c1-c1ccccc1. The van der Waals surface area contributed by atoms with Gasteiger partial charge in [0.25, 0.3) is 10.0 Å². The van der Waals surface area contributed by atoms with E-state index in [1.807, 2.05) is 48.5 Å². The second kappa shape index (κ2) is 10.8. The van der Waals surface area contributed by atoms with Crippen molar-refractivity contribution in [1.29, 1.82) is 0 Å². The molecule has 1 atom stereocenters. The predicted molar refractivity (Wildman–Crippen MR) is 153 cm³/mol. The van der Waals surface area contributed by atoms with E-state index in [1.165, 1.54) is 6.08 Å². The van der Waals surface area contributed by atoms with Gasteiger partial charge in [0.05, 0.1) is 11.0 Å². The molecule has 0 fully saturated rings. The molecule has 38 heavy (non-hydrogen) atoms. The molecule has 0 aliphatic carbocycles. The van der Waals surface area contributed by atoms with E-state index in [1.54, 1.807) is 37.3 Å². The number of fused-ring (bicyclic) bond motifs is 1. The molecule has 0 saturated heterocycles. The molecule has 0 aliphatic rings. The van der Waals surface area contributed by atoms with Crippen molar-refractivity contribution in [3.05, 3.63) is 90.1 Å². The Hall–Kier alpha value is -3.88. The normalized spacial score (nSPS) is 13.1. The first kappa shape index (κ1) is 27.2. The highest BCUT2D eigenvalue weighted by atomic mass is 32.2. The summed E-state index contributed by atoms with van der Waals surface area (Å²) in [4.78, 5) is 15.7. The molecule has 0 aliphatic heterocycles. The number of sulfonamides is 1. The zero-order valence-electron chi connectivity index (χ0n) is 21.9. The number of hydrogen-bond donors (Lipinski definition) is 4. The van der Waals surface area contributed by atoms with Gasteiger partial charge in [-0.15, -0.1) is 0 Å². The summed E-state index contributed by atoms with van der Waals surface area (Å²) < 4.78 is 29.0. The Labute approximate surface area is 223 Å². The van der Waals surface area contributed by atoms with Crippen molar-refractivity contribution in [2.45, 2.75) is 44.1 Å². The van der Waals surface area contributed by atoms with Gasteiger partial charge >= 0.3 is 0 Å². The molecule has 0 radical (unpaired) electrons. The number of amides is 1. The van der Waals surface area contributed by atoms with E-state index in [4.69, 9.17) is 0 Å². The highest BCUT2D eigenvalue weighted by Gasteiger charge is 2.19. The highest BCUT2D eigenvalue weighted by Crippen LogP contribution is 2.35. The molecule has 1 unspecified atom stereocenters. The summed E-state index contributed by atoms with van der Waals surface area (Å²) in [5.74, 6) is -0.325. The van der Waals surface area contributed by atoms with Crippen molar-refractivity contribution in [2.24, 2.45) is 0 Å². The lowest BCUT2D eigenvalue weighted by molar-refractivity contribution is -0.116. The fourth-order valence-electron chi connectivity index (χ4n) is 4.13. The third-order valence-electron chi connectivity index (χ3n) is 6.15. The van der Waals surface area contributed by atoms with Gasteiger partial charge in [-0.1, -0.05) is 63.2 Å². The Morgan fingerprint density at radius 2 is 1.71 bits per heavy atom. The maximum absolute atomic E-state index is 13.2. The van der Waals surface area contributed by atoms with Crippen molar-refractivity contribution < 1.29 is 18.3 Å². The third-order valence-corrected chi connectivity index (χ3v) is 7.54. The molecule has 1 amide bonds. The van der Waals surface area contributed by atoms with Gasteiger partial charge in [-0.3, -0.25) is 9.52 Å². The van der Waals surface area contributed by atoms with E-state index in [-0.39, 0.29) is 22.8 Å². The lowest BCUT2D eigenvalue weighted by Crippen LogP contribution is -2.28.